The van der Waals surface area contributed by atoms with Gasteiger partial charge in [0.2, 0.25) is 5.91 Å². The van der Waals surface area contributed by atoms with Gasteiger partial charge in [-0.2, -0.15) is 0 Å². The Morgan fingerprint density at radius 2 is 2.17 bits per heavy atom. The molecule has 1 rings (SSSR count). The summed E-state index contributed by atoms with van der Waals surface area (Å²) in [5.41, 5.74) is 6.34. The van der Waals surface area contributed by atoms with Crippen LogP contribution < -0.4 is 15.8 Å². The highest BCUT2D eigenvalue weighted by molar-refractivity contribution is 7.80. The largest absolute Gasteiger partial charge is 0.496 e. The third kappa shape index (κ3) is 4.33. The Morgan fingerprint density at radius 3 is 2.78 bits per heavy atom. The molecule has 0 saturated heterocycles. The number of nitrogens with two attached hydrogens (primary N) is 1. The molecule has 0 aliphatic rings. The number of methoxy groups -OCH3 is 1. The van der Waals surface area contributed by atoms with E-state index in [2.05, 4.69) is 5.32 Å². The molecule has 5 heteroatoms. The first kappa shape index (κ1) is 14.4. The van der Waals surface area contributed by atoms with Gasteiger partial charge in [0.05, 0.1) is 18.5 Å². The molecule has 0 bridgehead atoms. The van der Waals surface area contributed by atoms with Crippen molar-refractivity contribution in [1.82, 2.24) is 5.32 Å². The van der Waals surface area contributed by atoms with Gasteiger partial charge in [-0.3, -0.25) is 4.79 Å². The Labute approximate surface area is 113 Å². The number of para-hydroxylation sites is 1. The molecule has 0 heterocycles. The first-order valence-corrected chi connectivity index (χ1v) is 6.13. The summed E-state index contributed by atoms with van der Waals surface area (Å²) < 4.78 is 5.19. The van der Waals surface area contributed by atoms with Gasteiger partial charge in [-0.15, -0.1) is 0 Å². The van der Waals surface area contributed by atoms with Crippen LogP contribution in [0.5, 0.6) is 5.75 Å². The summed E-state index contributed by atoms with van der Waals surface area (Å²) in [6, 6.07) is 7.45. The van der Waals surface area contributed by atoms with E-state index < -0.39 is 0 Å². The van der Waals surface area contributed by atoms with Crippen molar-refractivity contribution in [3.05, 3.63) is 29.8 Å². The van der Waals surface area contributed by atoms with E-state index in [0.29, 0.717) is 11.5 Å². The molecule has 0 aliphatic carbocycles. The van der Waals surface area contributed by atoms with Crippen molar-refractivity contribution in [2.24, 2.45) is 11.7 Å². The van der Waals surface area contributed by atoms with Crippen LogP contribution >= 0.6 is 12.2 Å². The lowest BCUT2D eigenvalue weighted by Gasteiger charge is -2.12. The second-order valence-electron chi connectivity index (χ2n) is 4.10. The van der Waals surface area contributed by atoms with E-state index in [9.17, 15) is 4.79 Å². The molecule has 0 saturated carbocycles. The molecule has 0 radical (unpaired) electrons. The number of benzene rings is 1. The minimum Gasteiger partial charge on any atom is -0.496 e. The van der Waals surface area contributed by atoms with Crippen molar-refractivity contribution in [1.29, 1.82) is 0 Å². The van der Waals surface area contributed by atoms with E-state index in [-0.39, 0.29) is 18.2 Å². The summed E-state index contributed by atoms with van der Waals surface area (Å²) >= 11 is 4.85. The van der Waals surface area contributed by atoms with Gasteiger partial charge in [0.1, 0.15) is 5.75 Å². The zero-order chi connectivity index (χ0) is 13.5. The van der Waals surface area contributed by atoms with E-state index >= 15 is 0 Å². The van der Waals surface area contributed by atoms with Crippen molar-refractivity contribution >= 4 is 23.1 Å². The van der Waals surface area contributed by atoms with Crippen LogP contribution in [0.3, 0.4) is 0 Å². The highest BCUT2D eigenvalue weighted by Crippen LogP contribution is 2.17. The molecule has 0 aromatic heterocycles. The van der Waals surface area contributed by atoms with Crippen LogP contribution in [0.4, 0.5) is 0 Å². The van der Waals surface area contributed by atoms with Crippen LogP contribution in [-0.4, -0.2) is 24.6 Å². The Bertz CT molecular complexity index is 435. The minimum absolute atomic E-state index is 0.00150. The molecule has 98 valence electrons. The minimum atomic E-state index is -0.0670. The van der Waals surface area contributed by atoms with Gasteiger partial charge in [-0.25, -0.2) is 0 Å². The Balaban J connectivity index is 2.52. The quantitative estimate of drug-likeness (QED) is 0.761. The standard InChI is InChI=1S/C13H18N2O2S/c1-9(13(14)18)8-15-12(16)7-10-5-3-4-6-11(10)17-2/h3-6,9H,7-8H2,1-2H3,(H2,14,18)(H,15,16). The summed E-state index contributed by atoms with van der Waals surface area (Å²) in [5, 5.41) is 2.80. The van der Waals surface area contributed by atoms with E-state index in [4.69, 9.17) is 22.7 Å². The van der Waals surface area contributed by atoms with Gasteiger partial charge in [-0.05, 0) is 6.07 Å². The third-order valence-corrected chi connectivity index (χ3v) is 3.04. The monoisotopic (exact) mass is 266 g/mol. The summed E-state index contributed by atoms with van der Waals surface area (Å²) in [5.74, 6) is 0.652. The topological polar surface area (TPSA) is 64.3 Å². The van der Waals surface area contributed by atoms with Crippen molar-refractivity contribution < 1.29 is 9.53 Å². The van der Waals surface area contributed by atoms with Gasteiger partial charge in [0.15, 0.2) is 0 Å². The zero-order valence-corrected chi connectivity index (χ0v) is 11.4. The normalized spacial score (nSPS) is 11.7. The molecule has 3 N–H and O–H groups in total. The Hall–Kier alpha value is -1.62. The number of thiocarbonyl (C=S) groups is 1. The summed E-state index contributed by atoms with van der Waals surface area (Å²) in [4.78, 5) is 12.2. The average Bonchev–Trinajstić information content (AvgIpc) is 2.36. The molecular weight excluding hydrogens is 248 g/mol. The lowest BCUT2D eigenvalue weighted by molar-refractivity contribution is -0.120. The van der Waals surface area contributed by atoms with Crippen LogP contribution in [0.1, 0.15) is 12.5 Å². The van der Waals surface area contributed by atoms with Gasteiger partial charge in [0.25, 0.3) is 0 Å². The van der Waals surface area contributed by atoms with Gasteiger partial charge in [0, 0.05) is 18.0 Å². The zero-order valence-electron chi connectivity index (χ0n) is 10.6. The van der Waals surface area contributed by atoms with Crippen molar-refractivity contribution in [2.45, 2.75) is 13.3 Å². The summed E-state index contributed by atoms with van der Waals surface area (Å²) in [6.45, 7) is 2.34. The number of nitrogens with one attached hydrogen (secondary N) is 1. The van der Waals surface area contributed by atoms with Gasteiger partial charge >= 0.3 is 0 Å². The number of amides is 1. The Morgan fingerprint density at radius 1 is 1.50 bits per heavy atom. The predicted octanol–water partition coefficient (Wildman–Crippen LogP) is 1.28. The number of hydrogen-bond acceptors (Lipinski definition) is 3. The maximum absolute atomic E-state index is 11.8. The molecule has 18 heavy (non-hydrogen) atoms. The van der Waals surface area contributed by atoms with E-state index in [1.165, 1.54) is 0 Å². The third-order valence-electron chi connectivity index (χ3n) is 2.63. The molecular formula is C13H18N2O2S. The first-order valence-electron chi connectivity index (χ1n) is 5.72. The molecule has 0 aliphatic heterocycles. The van der Waals surface area contributed by atoms with Crippen LogP contribution in [-0.2, 0) is 11.2 Å². The lowest BCUT2D eigenvalue weighted by Crippen LogP contribution is -2.34. The predicted molar refractivity (Wildman–Crippen MR) is 75.7 cm³/mol. The van der Waals surface area contributed by atoms with Crippen LogP contribution in [0.25, 0.3) is 0 Å². The maximum atomic E-state index is 11.8. The molecule has 0 fully saturated rings. The fourth-order valence-electron chi connectivity index (χ4n) is 1.45. The molecule has 0 spiro atoms. The van der Waals surface area contributed by atoms with Crippen molar-refractivity contribution in [3.63, 3.8) is 0 Å². The molecule has 1 amide bonds. The number of ether oxygens (including phenoxy) is 1. The van der Waals surface area contributed by atoms with E-state index in [0.717, 1.165) is 11.3 Å². The number of carbonyl (C=O) groups is 1. The SMILES string of the molecule is COc1ccccc1CC(=O)NCC(C)C(N)=S. The van der Waals surface area contributed by atoms with Crippen LogP contribution in [0.15, 0.2) is 24.3 Å². The van der Waals surface area contributed by atoms with Crippen LogP contribution in [0.2, 0.25) is 0 Å². The van der Waals surface area contributed by atoms with Crippen molar-refractivity contribution in [2.75, 3.05) is 13.7 Å². The number of hydrogen-bond donors (Lipinski definition) is 2. The van der Waals surface area contributed by atoms with Crippen molar-refractivity contribution in [3.8, 4) is 5.75 Å². The summed E-state index contributed by atoms with van der Waals surface area (Å²) in [7, 11) is 1.59. The van der Waals surface area contributed by atoms with E-state index in [1.807, 2.05) is 31.2 Å². The molecule has 1 atom stereocenters. The maximum Gasteiger partial charge on any atom is 0.224 e. The molecule has 1 aromatic carbocycles. The molecule has 1 aromatic rings. The number of carbonyl (C=O) groups excluding carboxylic acids is 1. The molecule has 1 unspecified atom stereocenters. The smallest absolute Gasteiger partial charge is 0.224 e. The average molecular weight is 266 g/mol. The summed E-state index contributed by atoms with van der Waals surface area (Å²) in [6.07, 6.45) is 0.286. The van der Waals surface area contributed by atoms with Gasteiger partial charge in [-0.1, -0.05) is 37.3 Å². The fraction of sp³-hybridized carbons (Fsp3) is 0.385. The highest BCUT2D eigenvalue weighted by atomic mass is 32.1. The second kappa shape index (κ2) is 6.96. The fourth-order valence-corrected chi connectivity index (χ4v) is 1.54. The van der Waals surface area contributed by atoms with Crippen LogP contribution in [0, 0.1) is 5.92 Å². The second-order valence-corrected chi connectivity index (χ2v) is 4.57. The first-order chi connectivity index (χ1) is 8.54. The van der Waals surface area contributed by atoms with Gasteiger partial charge < -0.3 is 15.8 Å². The highest BCUT2D eigenvalue weighted by Gasteiger charge is 2.10. The Kier molecular flexibility index (Phi) is 5.58. The number of rotatable bonds is 6. The van der Waals surface area contributed by atoms with E-state index in [1.54, 1.807) is 7.11 Å². The lowest BCUT2D eigenvalue weighted by atomic mass is 10.1. The molecule has 4 nitrogen and oxygen atoms in total.